The Morgan fingerprint density at radius 3 is 2.88 bits per heavy atom. The van der Waals surface area contributed by atoms with Crippen molar-refractivity contribution < 1.29 is 13.9 Å². The molecular weight excluding hydrogens is 435 g/mol. The van der Waals surface area contributed by atoms with Crippen molar-refractivity contribution in [3.63, 3.8) is 0 Å². The fourth-order valence-electron chi connectivity index (χ4n) is 4.47. The van der Waals surface area contributed by atoms with E-state index >= 15 is 0 Å². The normalized spacial score (nSPS) is 18.9. The van der Waals surface area contributed by atoms with E-state index in [-0.39, 0.29) is 40.7 Å². The summed E-state index contributed by atoms with van der Waals surface area (Å²) in [5, 5.41) is 9.43. The summed E-state index contributed by atoms with van der Waals surface area (Å²) in [4.78, 5) is 26.3. The number of ether oxygens (including phenoxy) is 1. The zero-order valence-electron chi connectivity index (χ0n) is 17.0. The molecule has 2 aliphatic heterocycles. The van der Waals surface area contributed by atoms with Crippen LogP contribution < -0.4 is 15.6 Å². The minimum atomic E-state index is -0.641. The van der Waals surface area contributed by atoms with Crippen molar-refractivity contribution in [2.24, 2.45) is 0 Å². The smallest absolute Gasteiger partial charge is 0.322 e. The number of nitrogens with one attached hydrogen (secondary N) is 2. The number of fused-ring (bicyclic) bond motifs is 4. The number of H-pyrrole nitrogens is 1. The molecule has 3 aromatic rings. The van der Waals surface area contributed by atoms with Gasteiger partial charge >= 0.3 is 6.03 Å². The van der Waals surface area contributed by atoms with Gasteiger partial charge in [0.1, 0.15) is 12.4 Å². The van der Waals surface area contributed by atoms with E-state index in [1.54, 1.807) is 4.90 Å². The second kappa shape index (κ2) is 8.27. The summed E-state index contributed by atoms with van der Waals surface area (Å²) < 4.78 is 20.4. The number of halogens is 2. The van der Waals surface area contributed by atoms with E-state index in [2.05, 4.69) is 15.5 Å². The fraction of sp³-hybridized carbons (Fsp3) is 0.261. The molecule has 3 heterocycles. The van der Waals surface area contributed by atoms with Crippen LogP contribution >= 0.6 is 11.6 Å². The predicted molar refractivity (Wildman–Crippen MR) is 117 cm³/mol. The average molecular weight is 455 g/mol. The summed E-state index contributed by atoms with van der Waals surface area (Å²) in [6, 6.07) is 12.8. The maximum Gasteiger partial charge on any atom is 0.322 e. The third kappa shape index (κ3) is 3.82. The predicted octanol–water partition coefficient (Wildman–Crippen LogP) is 4.44. The van der Waals surface area contributed by atoms with E-state index in [4.69, 9.17) is 16.3 Å². The number of carbonyl (C=O) groups is 1. The number of anilines is 1. The van der Waals surface area contributed by atoms with Gasteiger partial charge in [-0.05, 0) is 36.5 Å². The topological polar surface area (TPSA) is 87.3 Å². The van der Waals surface area contributed by atoms with Gasteiger partial charge in [0.25, 0.3) is 5.56 Å². The molecule has 0 unspecified atom stereocenters. The van der Waals surface area contributed by atoms with E-state index in [1.165, 1.54) is 18.2 Å². The Morgan fingerprint density at radius 2 is 2.06 bits per heavy atom. The molecule has 32 heavy (non-hydrogen) atoms. The van der Waals surface area contributed by atoms with E-state index in [1.807, 2.05) is 30.3 Å². The molecule has 2 aromatic carbocycles. The first-order chi connectivity index (χ1) is 15.5. The summed E-state index contributed by atoms with van der Waals surface area (Å²) in [5.74, 6) is -0.441. The zero-order chi connectivity index (χ0) is 22.2. The number of hydrogen-bond acceptors (Lipinski definition) is 4. The highest BCUT2D eigenvalue weighted by Crippen LogP contribution is 2.42. The van der Waals surface area contributed by atoms with Crippen molar-refractivity contribution in [3.05, 3.63) is 86.5 Å². The minimum absolute atomic E-state index is 0.0216. The van der Waals surface area contributed by atoms with Gasteiger partial charge in [0, 0.05) is 18.2 Å². The standard InChI is InChI=1S/C23H20ClFN4O3/c24-16-10-18(17(25)11-20(16)32-12-13-4-2-1-3-5-13)26-23(31)29-15-6-7-19(29)22-14(8-15)9-21(30)27-28-22/h1-5,9-11,15,19H,6-8,12H2,(H,26,31)(H,27,30)/t15-,19+/m0/s1. The molecule has 2 N–H and O–H groups in total. The van der Waals surface area contributed by atoms with Crippen molar-refractivity contribution in [2.75, 3.05) is 5.32 Å². The van der Waals surface area contributed by atoms with Gasteiger partial charge in [-0.1, -0.05) is 41.9 Å². The third-order valence-corrected chi connectivity index (χ3v) is 6.22. The molecule has 5 rings (SSSR count). The van der Waals surface area contributed by atoms with Gasteiger partial charge in [-0.15, -0.1) is 0 Å². The highest BCUT2D eigenvalue weighted by atomic mass is 35.5. The minimum Gasteiger partial charge on any atom is -0.487 e. The van der Waals surface area contributed by atoms with E-state index in [0.717, 1.165) is 24.0 Å². The van der Waals surface area contributed by atoms with E-state index in [9.17, 15) is 14.0 Å². The summed E-state index contributed by atoms with van der Waals surface area (Å²) in [5.41, 5.74) is 2.20. The molecule has 0 saturated carbocycles. The van der Waals surface area contributed by atoms with Gasteiger partial charge in [0.05, 0.1) is 22.4 Å². The summed E-state index contributed by atoms with van der Waals surface area (Å²) in [7, 11) is 0. The first-order valence-corrected chi connectivity index (χ1v) is 10.7. The molecule has 1 aromatic heterocycles. The first-order valence-electron chi connectivity index (χ1n) is 10.3. The molecule has 1 saturated heterocycles. The Morgan fingerprint density at radius 1 is 1.25 bits per heavy atom. The zero-order valence-corrected chi connectivity index (χ0v) is 17.7. The van der Waals surface area contributed by atoms with Crippen LogP contribution in [0.5, 0.6) is 5.75 Å². The molecule has 7 nitrogen and oxygen atoms in total. The largest absolute Gasteiger partial charge is 0.487 e. The molecule has 164 valence electrons. The first kappa shape index (κ1) is 20.5. The molecule has 2 amide bonds. The lowest BCUT2D eigenvalue weighted by Gasteiger charge is -2.35. The van der Waals surface area contributed by atoms with Gasteiger partial charge in [-0.2, -0.15) is 5.10 Å². The number of amides is 2. The Kier molecular flexibility index (Phi) is 5.30. The average Bonchev–Trinajstić information content (AvgIpc) is 3.10. The van der Waals surface area contributed by atoms with Crippen molar-refractivity contribution >= 4 is 23.3 Å². The Hall–Kier alpha value is -3.39. The van der Waals surface area contributed by atoms with Crippen LogP contribution in [0.25, 0.3) is 0 Å². The second-order valence-corrected chi connectivity index (χ2v) is 8.38. The van der Waals surface area contributed by atoms with Gasteiger partial charge in [-0.25, -0.2) is 14.3 Å². The fourth-order valence-corrected chi connectivity index (χ4v) is 4.68. The molecule has 0 spiro atoms. The van der Waals surface area contributed by atoms with Crippen LogP contribution in [-0.2, 0) is 13.0 Å². The molecule has 9 heteroatoms. The number of aromatic nitrogens is 2. The highest BCUT2D eigenvalue weighted by Gasteiger charge is 2.44. The monoisotopic (exact) mass is 454 g/mol. The highest BCUT2D eigenvalue weighted by molar-refractivity contribution is 6.32. The van der Waals surface area contributed by atoms with Crippen LogP contribution in [0, 0.1) is 5.82 Å². The number of carbonyl (C=O) groups excluding carboxylic acids is 1. The van der Waals surface area contributed by atoms with Crippen molar-refractivity contribution in [1.82, 2.24) is 15.1 Å². The summed E-state index contributed by atoms with van der Waals surface area (Å²) in [6.07, 6.45) is 2.07. The van der Waals surface area contributed by atoms with Crippen LogP contribution in [0.1, 0.15) is 35.7 Å². The third-order valence-electron chi connectivity index (χ3n) is 5.93. The lowest BCUT2D eigenvalue weighted by atomic mass is 9.99. The molecule has 2 aliphatic rings. The number of rotatable bonds is 4. The SMILES string of the molecule is O=C(Nc1cc(Cl)c(OCc2ccccc2)cc1F)N1[C@H]2CC[C@@H]1c1n[nH]c(=O)cc1C2. The van der Waals surface area contributed by atoms with Gasteiger partial charge in [0.15, 0.2) is 5.82 Å². The maximum atomic E-state index is 14.8. The van der Waals surface area contributed by atoms with Crippen molar-refractivity contribution in [1.29, 1.82) is 0 Å². The second-order valence-electron chi connectivity index (χ2n) is 7.97. The molecule has 2 bridgehead atoms. The Labute approximate surface area is 188 Å². The number of urea groups is 1. The quantitative estimate of drug-likeness (QED) is 0.610. The number of benzene rings is 2. The Balaban J connectivity index is 1.32. The van der Waals surface area contributed by atoms with Crippen molar-refractivity contribution in [3.8, 4) is 5.75 Å². The van der Waals surface area contributed by atoms with Crippen molar-refractivity contribution in [2.45, 2.75) is 38.0 Å². The summed E-state index contributed by atoms with van der Waals surface area (Å²) >= 11 is 6.29. The Bertz CT molecular complexity index is 1230. The van der Waals surface area contributed by atoms with Crippen LogP contribution in [-0.4, -0.2) is 27.2 Å². The number of nitrogens with zero attached hydrogens (tertiary/aromatic N) is 2. The van der Waals surface area contributed by atoms with E-state index in [0.29, 0.717) is 12.1 Å². The van der Waals surface area contributed by atoms with E-state index < -0.39 is 11.8 Å². The molecule has 1 fully saturated rings. The van der Waals surface area contributed by atoms with Gasteiger partial charge < -0.3 is 15.0 Å². The van der Waals surface area contributed by atoms with Gasteiger partial charge in [0.2, 0.25) is 0 Å². The molecule has 2 atom stereocenters. The van der Waals surface area contributed by atoms with Crippen LogP contribution in [0.15, 0.2) is 53.3 Å². The van der Waals surface area contributed by atoms with Gasteiger partial charge in [-0.3, -0.25) is 4.79 Å². The molecule has 0 radical (unpaired) electrons. The molecule has 0 aliphatic carbocycles. The summed E-state index contributed by atoms with van der Waals surface area (Å²) in [6.45, 7) is 0.247. The maximum absolute atomic E-state index is 14.8. The number of hydrogen-bond donors (Lipinski definition) is 2. The molecular formula is C23H20ClFN4O3. The number of aromatic amines is 1. The lowest BCUT2D eigenvalue weighted by Crippen LogP contribution is -2.45. The lowest BCUT2D eigenvalue weighted by molar-refractivity contribution is 0.177. The van der Waals surface area contributed by atoms with Crippen LogP contribution in [0.3, 0.4) is 0 Å². The van der Waals surface area contributed by atoms with Crippen LogP contribution in [0.2, 0.25) is 5.02 Å². The van der Waals surface area contributed by atoms with Crippen LogP contribution in [0.4, 0.5) is 14.9 Å².